The van der Waals surface area contributed by atoms with Gasteiger partial charge in [0.1, 0.15) is 0 Å². The largest absolute Gasteiger partial charge is 0.323 e. The number of carbonyl (C=O) groups excluding carboxylic acids is 1. The molecule has 1 atom stereocenters. The lowest BCUT2D eigenvalue weighted by molar-refractivity contribution is -0.116. The van der Waals surface area contributed by atoms with Crippen LogP contribution in [0.1, 0.15) is 25.7 Å². The summed E-state index contributed by atoms with van der Waals surface area (Å²) in [7, 11) is 0. The number of pyridine rings is 1. The minimum atomic E-state index is 0.0186. The van der Waals surface area contributed by atoms with Crippen molar-refractivity contribution in [2.24, 2.45) is 0 Å². The molecule has 1 saturated heterocycles. The lowest BCUT2D eigenvalue weighted by Crippen LogP contribution is -2.23. The second-order valence-electron chi connectivity index (χ2n) is 5.21. The van der Waals surface area contributed by atoms with Crippen molar-refractivity contribution in [1.29, 1.82) is 0 Å². The maximum absolute atomic E-state index is 12.1. The summed E-state index contributed by atoms with van der Waals surface area (Å²) in [6.07, 6.45) is 8.95. The number of aromatic nitrogens is 3. The molecule has 1 unspecified atom stereocenters. The van der Waals surface area contributed by atoms with E-state index in [0.29, 0.717) is 24.0 Å². The quantitative estimate of drug-likeness (QED) is 0.877. The van der Waals surface area contributed by atoms with Gasteiger partial charge in [0.25, 0.3) is 0 Å². The highest BCUT2D eigenvalue weighted by Gasteiger charge is 2.16. The number of hydrogen-bond donors (Lipinski definition) is 2. The maximum atomic E-state index is 12.1. The van der Waals surface area contributed by atoms with Gasteiger partial charge < -0.3 is 10.6 Å². The molecule has 1 aliphatic heterocycles. The van der Waals surface area contributed by atoms with Gasteiger partial charge in [0.15, 0.2) is 5.82 Å². The van der Waals surface area contributed by atoms with E-state index in [2.05, 4.69) is 20.7 Å². The highest BCUT2D eigenvalue weighted by molar-refractivity contribution is 5.92. The molecule has 1 fully saturated rings. The average Bonchev–Trinajstić information content (AvgIpc) is 3.19. The molecule has 2 aromatic rings. The Hall–Kier alpha value is -2.21. The molecule has 6 nitrogen and oxygen atoms in total. The van der Waals surface area contributed by atoms with E-state index in [1.54, 1.807) is 29.3 Å². The van der Waals surface area contributed by atoms with E-state index in [0.717, 1.165) is 13.0 Å². The first kappa shape index (κ1) is 13.8. The van der Waals surface area contributed by atoms with Crippen molar-refractivity contribution in [3.05, 3.63) is 36.8 Å². The summed E-state index contributed by atoms with van der Waals surface area (Å²) in [6, 6.07) is 5.96. The Morgan fingerprint density at radius 2 is 2.38 bits per heavy atom. The number of hydrogen-bond acceptors (Lipinski definition) is 4. The second kappa shape index (κ2) is 6.49. The molecule has 3 rings (SSSR count). The van der Waals surface area contributed by atoms with E-state index in [4.69, 9.17) is 0 Å². The minimum Gasteiger partial charge on any atom is -0.323 e. The van der Waals surface area contributed by atoms with Gasteiger partial charge in [0.2, 0.25) is 5.91 Å². The van der Waals surface area contributed by atoms with Crippen LogP contribution in [-0.4, -0.2) is 33.3 Å². The zero-order valence-corrected chi connectivity index (χ0v) is 11.8. The van der Waals surface area contributed by atoms with Crippen LogP contribution >= 0.6 is 0 Å². The summed E-state index contributed by atoms with van der Waals surface area (Å²) in [4.78, 5) is 16.4. The van der Waals surface area contributed by atoms with Gasteiger partial charge in [-0.25, -0.2) is 9.67 Å². The summed E-state index contributed by atoms with van der Waals surface area (Å²) >= 11 is 0. The van der Waals surface area contributed by atoms with Gasteiger partial charge in [-0.3, -0.25) is 4.79 Å². The van der Waals surface area contributed by atoms with Crippen LogP contribution in [0.25, 0.3) is 5.82 Å². The monoisotopic (exact) mass is 285 g/mol. The number of anilines is 1. The van der Waals surface area contributed by atoms with Gasteiger partial charge in [-0.1, -0.05) is 0 Å². The van der Waals surface area contributed by atoms with E-state index >= 15 is 0 Å². The highest BCUT2D eigenvalue weighted by Crippen LogP contribution is 2.17. The molecule has 6 heteroatoms. The Morgan fingerprint density at radius 1 is 1.43 bits per heavy atom. The molecule has 3 heterocycles. The van der Waals surface area contributed by atoms with Crippen LogP contribution in [0.3, 0.4) is 0 Å². The van der Waals surface area contributed by atoms with Crippen molar-refractivity contribution in [1.82, 2.24) is 20.1 Å². The van der Waals surface area contributed by atoms with Crippen molar-refractivity contribution in [3.8, 4) is 5.82 Å². The Balaban J connectivity index is 1.63. The lowest BCUT2D eigenvalue weighted by Gasteiger charge is -2.12. The topological polar surface area (TPSA) is 71.8 Å². The van der Waals surface area contributed by atoms with Crippen molar-refractivity contribution in [3.63, 3.8) is 0 Å². The minimum absolute atomic E-state index is 0.0186. The molecule has 0 spiro atoms. The molecule has 0 aromatic carbocycles. The SMILES string of the molecule is O=C(CCC1CCCN1)Nc1cccnc1-n1cccn1. The van der Waals surface area contributed by atoms with Gasteiger partial charge >= 0.3 is 0 Å². The van der Waals surface area contributed by atoms with Crippen LogP contribution in [0, 0.1) is 0 Å². The molecule has 2 aromatic heterocycles. The van der Waals surface area contributed by atoms with Gasteiger partial charge in [-0.15, -0.1) is 0 Å². The fraction of sp³-hybridized carbons (Fsp3) is 0.400. The normalized spacial score (nSPS) is 17.8. The molecule has 0 bridgehead atoms. The van der Waals surface area contributed by atoms with Crippen molar-refractivity contribution in [2.75, 3.05) is 11.9 Å². The number of rotatable bonds is 5. The third-order valence-corrected chi connectivity index (χ3v) is 3.66. The lowest BCUT2D eigenvalue weighted by atomic mass is 10.1. The van der Waals surface area contributed by atoms with Crippen LogP contribution in [-0.2, 0) is 4.79 Å². The standard InChI is InChI=1S/C15H19N5O/c21-14(7-6-12-4-1-8-16-12)19-13-5-2-9-17-15(13)20-11-3-10-18-20/h2-3,5,9-12,16H,1,4,6-8H2,(H,19,21). The first-order chi connectivity index (χ1) is 10.3. The third-order valence-electron chi connectivity index (χ3n) is 3.66. The van der Waals surface area contributed by atoms with E-state index < -0.39 is 0 Å². The predicted molar refractivity (Wildman–Crippen MR) is 80.2 cm³/mol. The number of carbonyl (C=O) groups is 1. The summed E-state index contributed by atoms with van der Waals surface area (Å²) in [6.45, 7) is 1.07. The number of nitrogens with zero attached hydrogens (tertiary/aromatic N) is 3. The summed E-state index contributed by atoms with van der Waals surface area (Å²) < 4.78 is 1.65. The molecule has 110 valence electrons. The number of nitrogens with one attached hydrogen (secondary N) is 2. The van der Waals surface area contributed by atoms with Crippen LogP contribution < -0.4 is 10.6 Å². The van der Waals surface area contributed by atoms with Crippen LogP contribution in [0.4, 0.5) is 5.69 Å². The Morgan fingerprint density at radius 3 is 3.14 bits per heavy atom. The molecule has 0 saturated carbocycles. The second-order valence-corrected chi connectivity index (χ2v) is 5.21. The van der Waals surface area contributed by atoms with Gasteiger partial charge in [0.05, 0.1) is 5.69 Å². The first-order valence-corrected chi connectivity index (χ1v) is 7.31. The molecule has 2 N–H and O–H groups in total. The van der Waals surface area contributed by atoms with Crippen molar-refractivity contribution in [2.45, 2.75) is 31.7 Å². The van der Waals surface area contributed by atoms with Crippen LogP contribution in [0.5, 0.6) is 0 Å². The van der Waals surface area contributed by atoms with E-state index in [-0.39, 0.29) is 5.91 Å². The van der Waals surface area contributed by atoms with E-state index in [1.807, 2.05) is 12.1 Å². The zero-order valence-electron chi connectivity index (χ0n) is 11.8. The fourth-order valence-electron chi connectivity index (χ4n) is 2.59. The predicted octanol–water partition coefficient (Wildman–Crippen LogP) is 1.74. The molecular formula is C15H19N5O. The summed E-state index contributed by atoms with van der Waals surface area (Å²) in [5, 5.41) is 10.5. The molecule has 1 aliphatic rings. The average molecular weight is 285 g/mol. The van der Waals surface area contributed by atoms with Crippen molar-refractivity contribution < 1.29 is 4.79 Å². The molecular weight excluding hydrogens is 266 g/mol. The Kier molecular flexibility index (Phi) is 4.25. The van der Waals surface area contributed by atoms with Gasteiger partial charge in [-0.05, 0) is 44.0 Å². The fourth-order valence-corrected chi connectivity index (χ4v) is 2.59. The van der Waals surface area contributed by atoms with Crippen LogP contribution in [0.15, 0.2) is 36.8 Å². The first-order valence-electron chi connectivity index (χ1n) is 7.31. The highest BCUT2D eigenvalue weighted by atomic mass is 16.1. The molecule has 0 radical (unpaired) electrons. The maximum Gasteiger partial charge on any atom is 0.224 e. The third kappa shape index (κ3) is 3.46. The van der Waals surface area contributed by atoms with Gasteiger partial charge in [0, 0.05) is 31.1 Å². The Labute approximate surface area is 123 Å². The zero-order chi connectivity index (χ0) is 14.5. The molecule has 0 aliphatic carbocycles. The van der Waals surface area contributed by atoms with Crippen molar-refractivity contribution >= 4 is 11.6 Å². The molecule has 1 amide bonds. The van der Waals surface area contributed by atoms with Crippen LogP contribution in [0.2, 0.25) is 0 Å². The summed E-state index contributed by atoms with van der Waals surface area (Å²) in [5.41, 5.74) is 0.686. The smallest absolute Gasteiger partial charge is 0.224 e. The van der Waals surface area contributed by atoms with E-state index in [1.165, 1.54) is 12.8 Å². The summed E-state index contributed by atoms with van der Waals surface area (Å²) in [5.74, 6) is 0.653. The van der Waals surface area contributed by atoms with Gasteiger partial charge in [-0.2, -0.15) is 5.10 Å². The van der Waals surface area contributed by atoms with E-state index in [9.17, 15) is 4.79 Å². The Bertz CT molecular complexity index is 590. The molecule has 21 heavy (non-hydrogen) atoms. The number of amides is 1.